The van der Waals surface area contributed by atoms with E-state index in [1.807, 2.05) is 43.3 Å². The summed E-state index contributed by atoms with van der Waals surface area (Å²) in [6.45, 7) is 2.58. The van der Waals surface area contributed by atoms with E-state index in [9.17, 15) is 4.79 Å². The van der Waals surface area contributed by atoms with E-state index in [4.69, 9.17) is 9.47 Å². The summed E-state index contributed by atoms with van der Waals surface area (Å²) in [6, 6.07) is 18.4. The first kappa shape index (κ1) is 15.6. The molecular formula is C20H22O3. The van der Waals surface area contributed by atoms with Crippen molar-refractivity contribution < 1.29 is 14.3 Å². The molecule has 0 aromatic heterocycles. The average molecular weight is 310 g/mol. The zero-order valence-electron chi connectivity index (χ0n) is 13.6. The molecule has 0 radical (unpaired) electrons. The molecule has 0 N–H and O–H groups in total. The van der Waals surface area contributed by atoms with Crippen LogP contribution < -0.4 is 4.74 Å². The highest BCUT2D eigenvalue weighted by molar-refractivity contribution is 5.73. The van der Waals surface area contributed by atoms with Crippen molar-refractivity contribution in [1.29, 1.82) is 0 Å². The molecule has 0 saturated carbocycles. The molecule has 0 bridgehead atoms. The van der Waals surface area contributed by atoms with Crippen LogP contribution in [-0.4, -0.2) is 19.7 Å². The maximum absolute atomic E-state index is 12.2. The summed E-state index contributed by atoms with van der Waals surface area (Å²) in [5.74, 6) is 0.884. The van der Waals surface area contributed by atoms with Gasteiger partial charge in [-0.1, -0.05) is 55.5 Å². The molecule has 3 rings (SSSR count). The molecule has 0 aliphatic carbocycles. The third kappa shape index (κ3) is 3.24. The summed E-state index contributed by atoms with van der Waals surface area (Å²) in [5.41, 5.74) is 2.38. The smallest absolute Gasteiger partial charge is 0.309 e. The Morgan fingerprint density at radius 2 is 1.87 bits per heavy atom. The van der Waals surface area contributed by atoms with Gasteiger partial charge in [0, 0.05) is 11.8 Å². The summed E-state index contributed by atoms with van der Waals surface area (Å²) in [4.78, 5) is 12.2. The zero-order chi connectivity index (χ0) is 16.2. The molecule has 3 heteroatoms. The van der Waals surface area contributed by atoms with Gasteiger partial charge in [-0.2, -0.15) is 0 Å². The average Bonchev–Trinajstić information content (AvgIpc) is 2.61. The number of para-hydroxylation sites is 1. The lowest BCUT2D eigenvalue weighted by Crippen LogP contribution is -2.34. The predicted molar refractivity (Wildman–Crippen MR) is 89.5 cm³/mol. The standard InChI is InChI=1S/C20H22O3/c1-14(20(21)22-2)19-16(12-15-8-4-3-5-9-15)13-23-18-11-7-6-10-17(18)19/h3-11,14,16,19H,12-13H2,1-2H3. The Labute approximate surface area is 137 Å². The Balaban J connectivity index is 1.93. The van der Waals surface area contributed by atoms with Gasteiger partial charge in [0.05, 0.1) is 19.6 Å². The predicted octanol–water partition coefficient (Wildman–Crippen LogP) is 3.83. The first-order valence-electron chi connectivity index (χ1n) is 8.04. The maximum Gasteiger partial charge on any atom is 0.309 e. The van der Waals surface area contributed by atoms with Crippen LogP contribution in [0.15, 0.2) is 54.6 Å². The normalized spacial score (nSPS) is 21.0. The summed E-state index contributed by atoms with van der Waals surface area (Å²) in [7, 11) is 1.45. The fourth-order valence-corrected chi connectivity index (χ4v) is 3.55. The minimum absolute atomic E-state index is 0.104. The van der Waals surface area contributed by atoms with Crippen molar-refractivity contribution in [2.75, 3.05) is 13.7 Å². The summed E-state index contributed by atoms with van der Waals surface area (Å²) < 4.78 is 10.9. The molecule has 3 atom stereocenters. The highest BCUT2D eigenvalue weighted by atomic mass is 16.5. The van der Waals surface area contributed by atoms with Gasteiger partial charge in [0.2, 0.25) is 0 Å². The number of hydrogen-bond acceptors (Lipinski definition) is 3. The van der Waals surface area contributed by atoms with Gasteiger partial charge in [-0.25, -0.2) is 0 Å². The minimum Gasteiger partial charge on any atom is -0.493 e. The van der Waals surface area contributed by atoms with Crippen LogP contribution in [0.1, 0.15) is 24.0 Å². The molecular weight excluding hydrogens is 288 g/mol. The van der Waals surface area contributed by atoms with Gasteiger partial charge < -0.3 is 9.47 Å². The van der Waals surface area contributed by atoms with Gasteiger partial charge in [-0.15, -0.1) is 0 Å². The molecule has 1 aliphatic rings. The topological polar surface area (TPSA) is 35.5 Å². The third-order valence-corrected chi connectivity index (χ3v) is 4.69. The molecule has 120 valence electrons. The summed E-state index contributed by atoms with van der Waals surface area (Å²) >= 11 is 0. The van der Waals surface area contributed by atoms with Crippen LogP contribution in [0, 0.1) is 11.8 Å². The van der Waals surface area contributed by atoms with E-state index in [2.05, 4.69) is 18.2 Å². The van der Waals surface area contributed by atoms with Gasteiger partial charge in [0.15, 0.2) is 0 Å². The number of esters is 1. The number of hydrogen-bond donors (Lipinski definition) is 0. The van der Waals surface area contributed by atoms with E-state index in [-0.39, 0.29) is 23.7 Å². The zero-order valence-corrected chi connectivity index (χ0v) is 13.6. The highest BCUT2D eigenvalue weighted by Gasteiger charge is 2.38. The molecule has 1 heterocycles. The molecule has 3 unspecified atom stereocenters. The monoisotopic (exact) mass is 310 g/mol. The van der Waals surface area contributed by atoms with E-state index in [1.54, 1.807) is 0 Å². The third-order valence-electron chi connectivity index (χ3n) is 4.69. The van der Waals surface area contributed by atoms with E-state index in [0.717, 1.165) is 17.7 Å². The molecule has 0 spiro atoms. The van der Waals surface area contributed by atoms with Crippen LogP contribution in [0.2, 0.25) is 0 Å². The number of rotatable bonds is 4. The van der Waals surface area contributed by atoms with Gasteiger partial charge in [0.25, 0.3) is 0 Å². The summed E-state index contributed by atoms with van der Waals surface area (Å²) in [6.07, 6.45) is 0.890. The summed E-state index contributed by atoms with van der Waals surface area (Å²) in [5, 5.41) is 0. The van der Waals surface area contributed by atoms with E-state index >= 15 is 0 Å². The Kier molecular flexibility index (Phi) is 4.65. The Bertz CT molecular complexity index is 666. The van der Waals surface area contributed by atoms with E-state index in [0.29, 0.717) is 6.61 Å². The van der Waals surface area contributed by atoms with Crippen LogP contribution in [0.25, 0.3) is 0 Å². The fourth-order valence-electron chi connectivity index (χ4n) is 3.55. The van der Waals surface area contributed by atoms with Gasteiger partial charge in [0.1, 0.15) is 5.75 Å². The number of methoxy groups -OCH3 is 1. The number of ether oxygens (including phenoxy) is 2. The van der Waals surface area contributed by atoms with Gasteiger partial charge >= 0.3 is 5.97 Å². The van der Waals surface area contributed by atoms with E-state index < -0.39 is 0 Å². The molecule has 1 aliphatic heterocycles. The first-order chi connectivity index (χ1) is 11.2. The van der Waals surface area contributed by atoms with Crippen molar-refractivity contribution >= 4 is 5.97 Å². The Morgan fingerprint density at radius 3 is 2.61 bits per heavy atom. The van der Waals surface area contributed by atoms with Crippen molar-refractivity contribution in [2.45, 2.75) is 19.3 Å². The molecule has 23 heavy (non-hydrogen) atoms. The lowest BCUT2D eigenvalue weighted by atomic mass is 9.74. The Morgan fingerprint density at radius 1 is 1.17 bits per heavy atom. The quantitative estimate of drug-likeness (QED) is 0.805. The van der Waals surface area contributed by atoms with Crippen LogP contribution >= 0.6 is 0 Å². The number of fused-ring (bicyclic) bond motifs is 1. The molecule has 0 amide bonds. The molecule has 0 saturated heterocycles. The largest absolute Gasteiger partial charge is 0.493 e. The Hall–Kier alpha value is -2.29. The van der Waals surface area contributed by atoms with Crippen molar-refractivity contribution in [3.63, 3.8) is 0 Å². The molecule has 2 aromatic carbocycles. The lowest BCUT2D eigenvalue weighted by Gasteiger charge is -2.36. The highest BCUT2D eigenvalue weighted by Crippen LogP contribution is 2.43. The van der Waals surface area contributed by atoms with Crippen molar-refractivity contribution in [1.82, 2.24) is 0 Å². The molecule has 3 nitrogen and oxygen atoms in total. The number of carbonyl (C=O) groups excluding carboxylic acids is 1. The van der Waals surface area contributed by atoms with Crippen LogP contribution in [0.4, 0.5) is 0 Å². The molecule has 0 fully saturated rings. The number of benzene rings is 2. The first-order valence-corrected chi connectivity index (χ1v) is 8.04. The van der Waals surface area contributed by atoms with Crippen LogP contribution in [-0.2, 0) is 16.0 Å². The van der Waals surface area contributed by atoms with Crippen molar-refractivity contribution in [3.05, 3.63) is 65.7 Å². The molecule has 2 aromatic rings. The second-order valence-corrected chi connectivity index (χ2v) is 6.14. The second kappa shape index (κ2) is 6.86. The number of carbonyl (C=O) groups is 1. The maximum atomic E-state index is 12.2. The SMILES string of the molecule is COC(=O)C(C)C1c2ccccc2OCC1Cc1ccccc1. The van der Waals surface area contributed by atoms with Gasteiger partial charge in [-0.3, -0.25) is 4.79 Å². The van der Waals surface area contributed by atoms with Gasteiger partial charge in [-0.05, 0) is 23.6 Å². The minimum atomic E-state index is -0.196. The fraction of sp³-hybridized carbons (Fsp3) is 0.350. The second-order valence-electron chi connectivity index (χ2n) is 6.14. The van der Waals surface area contributed by atoms with Crippen molar-refractivity contribution in [2.24, 2.45) is 11.8 Å². The van der Waals surface area contributed by atoms with Crippen LogP contribution in [0.3, 0.4) is 0 Å². The van der Waals surface area contributed by atoms with Crippen LogP contribution in [0.5, 0.6) is 5.75 Å². The lowest BCUT2D eigenvalue weighted by molar-refractivity contribution is -0.146. The van der Waals surface area contributed by atoms with Crippen molar-refractivity contribution in [3.8, 4) is 5.75 Å². The van der Waals surface area contributed by atoms with E-state index in [1.165, 1.54) is 12.7 Å².